The van der Waals surface area contributed by atoms with E-state index in [0.717, 1.165) is 30.2 Å². The molecule has 2 nitrogen and oxygen atoms in total. The van der Waals surface area contributed by atoms with Gasteiger partial charge < -0.3 is 0 Å². The zero-order valence-electron chi connectivity index (χ0n) is 20.7. The van der Waals surface area contributed by atoms with E-state index >= 15 is 0 Å². The Labute approximate surface area is 197 Å². The summed E-state index contributed by atoms with van der Waals surface area (Å²) in [5, 5.41) is 0. The number of benzene rings is 1. The van der Waals surface area contributed by atoms with Gasteiger partial charge in [0.05, 0.1) is 0 Å². The molecule has 0 bridgehead atoms. The van der Waals surface area contributed by atoms with Gasteiger partial charge in [-0.2, -0.15) is 0 Å². The number of unbranched alkanes of at least 4 members (excludes halogenated alkanes) is 2. The van der Waals surface area contributed by atoms with Crippen LogP contribution in [0.1, 0.15) is 138 Å². The van der Waals surface area contributed by atoms with E-state index in [1.165, 1.54) is 82.6 Å². The van der Waals surface area contributed by atoms with E-state index in [1.807, 2.05) is 12.1 Å². The summed E-state index contributed by atoms with van der Waals surface area (Å²) in [6.45, 7) is 4.53. The average molecular weight is 439 g/mol. The Hall–Kier alpha value is -1.44. The predicted molar refractivity (Wildman–Crippen MR) is 134 cm³/mol. The Kier molecular flexibility index (Phi) is 10.5. The van der Waals surface area contributed by atoms with Gasteiger partial charge in [0.25, 0.3) is 0 Å². The van der Waals surface area contributed by atoms with Crippen LogP contribution in [0.15, 0.2) is 24.3 Å². The number of rotatable bonds is 12. The Morgan fingerprint density at radius 1 is 0.719 bits per heavy atom. The minimum atomic E-state index is 0.129. The molecule has 0 unspecified atom stereocenters. The van der Waals surface area contributed by atoms with Gasteiger partial charge in [0.2, 0.25) is 0 Å². The quantitative estimate of drug-likeness (QED) is 0.241. The first-order valence-electron chi connectivity index (χ1n) is 13.8. The van der Waals surface area contributed by atoms with Crippen LogP contribution >= 0.6 is 0 Å². The van der Waals surface area contributed by atoms with Crippen molar-refractivity contribution in [2.75, 3.05) is 0 Å². The molecule has 2 aliphatic carbocycles. The normalized spacial score (nSPS) is 26.1. The molecule has 2 heteroatoms. The van der Waals surface area contributed by atoms with Gasteiger partial charge in [-0.3, -0.25) is 9.59 Å². The lowest BCUT2D eigenvalue weighted by atomic mass is 9.77. The predicted octanol–water partition coefficient (Wildman–Crippen LogP) is 8.68. The van der Waals surface area contributed by atoms with Crippen LogP contribution in [0, 0.1) is 17.8 Å². The molecule has 0 amide bonds. The lowest BCUT2D eigenvalue weighted by Crippen LogP contribution is -2.22. The molecule has 0 heterocycles. The Balaban J connectivity index is 1.39. The van der Waals surface area contributed by atoms with Gasteiger partial charge in [-0.05, 0) is 74.7 Å². The molecule has 0 N–H and O–H groups in total. The molecule has 2 aliphatic rings. The second-order valence-electron chi connectivity index (χ2n) is 10.7. The summed E-state index contributed by atoms with van der Waals surface area (Å²) >= 11 is 0. The van der Waals surface area contributed by atoms with E-state index in [0.29, 0.717) is 24.5 Å². The Morgan fingerprint density at radius 3 is 1.97 bits per heavy atom. The van der Waals surface area contributed by atoms with Crippen molar-refractivity contribution in [1.29, 1.82) is 0 Å². The highest BCUT2D eigenvalue weighted by atomic mass is 16.1. The maximum absolute atomic E-state index is 12.7. The minimum Gasteiger partial charge on any atom is -0.299 e. The fraction of sp³-hybridized carbons (Fsp3) is 0.733. The summed E-state index contributed by atoms with van der Waals surface area (Å²) in [7, 11) is 0. The van der Waals surface area contributed by atoms with Crippen molar-refractivity contribution < 1.29 is 9.59 Å². The minimum absolute atomic E-state index is 0.129. The molecule has 0 spiro atoms. The van der Waals surface area contributed by atoms with E-state index in [1.54, 1.807) is 0 Å². The molecule has 0 aliphatic heterocycles. The molecule has 3 rings (SSSR count). The number of carbonyl (C=O) groups is 2. The van der Waals surface area contributed by atoms with Crippen LogP contribution in [0.5, 0.6) is 0 Å². The monoisotopic (exact) mass is 438 g/mol. The smallest absolute Gasteiger partial charge is 0.163 e. The van der Waals surface area contributed by atoms with E-state index in [-0.39, 0.29) is 11.7 Å². The fourth-order valence-electron chi connectivity index (χ4n) is 6.18. The lowest BCUT2D eigenvalue weighted by molar-refractivity contribution is -0.124. The second-order valence-corrected chi connectivity index (χ2v) is 10.7. The maximum Gasteiger partial charge on any atom is 0.163 e. The van der Waals surface area contributed by atoms with Crippen LogP contribution in [0.4, 0.5) is 0 Å². The highest BCUT2D eigenvalue weighted by Crippen LogP contribution is 2.38. The second kappa shape index (κ2) is 13.3. The van der Waals surface area contributed by atoms with Crippen LogP contribution in [-0.2, 0) is 4.79 Å². The van der Waals surface area contributed by atoms with Gasteiger partial charge in [0.15, 0.2) is 5.78 Å². The molecular formula is C30H46O2. The van der Waals surface area contributed by atoms with Crippen molar-refractivity contribution in [3.05, 3.63) is 35.4 Å². The summed E-state index contributed by atoms with van der Waals surface area (Å²) < 4.78 is 0. The van der Waals surface area contributed by atoms with Crippen LogP contribution in [-0.4, -0.2) is 11.6 Å². The topological polar surface area (TPSA) is 34.1 Å². The van der Waals surface area contributed by atoms with Crippen molar-refractivity contribution in [2.24, 2.45) is 17.8 Å². The van der Waals surface area contributed by atoms with Crippen molar-refractivity contribution in [2.45, 2.75) is 122 Å². The van der Waals surface area contributed by atoms with Gasteiger partial charge >= 0.3 is 0 Å². The summed E-state index contributed by atoms with van der Waals surface area (Å²) in [5.74, 6) is 3.06. The summed E-state index contributed by atoms with van der Waals surface area (Å²) in [4.78, 5) is 25.3. The SMILES string of the molecule is CCCCC[C@H]1CC[C@H](c2ccc(C(=O)CCC(=O)[C@H]3CC[C@H](CCC)CC3)cc2)CC1. The number of carbonyl (C=O) groups excluding carboxylic acids is 2. The van der Waals surface area contributed by atoms with Gasteiger partial charge in [-0.1, -0.05) is 76.6 Å². The molecule has 0 aromatic heterocycles. The maximum atomic E-state index is 12.7. The summed E-state index contributed by atoms with van der Waals surface area (Å²) in [6.07, 6.45) is 18.6. The highest BCUT2D eigenvalue weighted by Gasteiger charge is 2.26. The lowest BCUT2D eigenvalue weighted by Gasteiger charge is -2.29. The Morgan fingerprint density at radius 2 is 1.34 bits per heavy atom. The van der Waals surface area contributed by atoms with Gasteiger partial charge in [-0.15, -0.1) is 0 Å². The largest absolute Gasteiger partial charge is 0.299 e. The van der Waals surface area contributed by atoms with Gasteiger partial charge in [-0.25, -0.2) is 0 Å². The van der Waals surface area contributed by atoms with Gasteiger partial charge in [0.1, 0.15) is 5.78 Å². The van der Waals surface area contributed by atoms with E-state index in [9.17, 15) is 9.59 Å². The van der Waals surface area contributed by atoms with Crippen molar-refractivity contribution in [3.63, 3.8) is 0 Å². The first-order chi connectivity index (χ1) is 15.6. The molecule has 32 heavy (non-hydrogen) atoms. The van der Waals surface area contributed by atoms with E-state index in [4.69, 9.17) is 0 Å². The average Bonchev–Trinajstić information content (AvgIpc) is 2.84. The Bertz CT molecular complexity index is 688. The summed E-state index contributed by atoms with van der Waals surface area (Å²) in [6, 6.07) is 8.36. The first-order valence-corrected chi connectivity index (χ1v) is 13.8. The van der Waals surface area contributed by atoms with E-state index < -0.39 is 0 Å². The number of Topliss-reactive ketones (excluding diaryl/α,β-unsaturated/α-hetero) is 2. The molecule has 0 atom stereocenters. The molecule has 1 aromatic rings. The third-order valence-electron chi connectivity index (χ3n) is 8.36. The van der Waals surface area contributed by atoms with Crippen molar-refractivity contribution in [3.8, 4) is 0 Å². The first kappa shape index (κ1) is 25.2. The van der Waals surface area contributed by atoms with E-state index in [2.05, 4.69) is 26.0 Å². The fourth-order valence-corrected chi connectivity index (χ4v) is 6.18. The summed E-state index contributed by atoms with van der Waals surface area (Å²) in [5.41, 5.74) is 2.18. The molecule has 1 aromatic carbocycles. The third kappa shape index (κ3) is 7.56. The zero-order chi connectivity index (χ0) is 22.8. The molecule has 0 saturated heterocycles. The van der Waals surface area contributed by atoms with Crippen LogP contribution < -0.4 is 0 Å². The van der Waals surface area contributed by atoms with Crippen molar-refractivity contribution in [1.82, 2.24) is 0 Å². The van der Waals surface area contributed by atoms with Crippen LogP contribution in [0.3, 0.4) is 0 Å². The molecule has 0 radical (unpaired) electrons. The number of hydrogen-bond acceptors (Lipinski definition) is 2. The highest BCUT2D eigenvalue weighted by molar-refractivity contribution is 5.98. The third-order valence-corrected chi connectivity index (χ3v) is 8.36. The van der Waals surface area contributed by atoms with Crippen LogP contribution in [0.25, 0.3) is 0 Å². The molecule has 178 valence electrons. The molecule has 2 saturated carbocycles. The number of ketones is 2. The molecular weight excluding hydrogens is 392 g/mol. The van der Waals surface area contributed by atoms with Crippen molar-refractivity contribution >= 4 is 11.6 Å². The molecule has 2 fully saturated rings. The number of hydrogen-bond donors (Lipinski definition) is 0. The van der Waals surface area contributed by atoms with Gasteiger partial charge in [0, 0.05) is 24.3 Å². The standard InChI is InChI=1S/C30H46O2/c1-3-5-6-8-24-9-13-25(14-10-24)26-17-19-28(20-18-26)30(32)22-21-29(31)27-15-11-23(7-4-2)12-16-27/h17-20,23-25,27H,3-16,21-22H2,1-2H3/t23-,24-,25-,27-. The van der Waals surface area contributed by atoms with Crippen LogP contribution in [0.2, 0.25) is 0 Å². The zero-order valence-corrected chi connectivity index (χ0v) is 20.7.